The van der Waals surface area contributed by atoms with Gasteiger partial charge < -0.3 is 0 Å². The minimum Gasteiger partial charge on any atom is -0.272 e. The predicted molar refractivity (Wildman–Crippen MR) is 36.9 cm³/mol. The van der Waals surface area contributed by atoms with Gasteiger partial charge in [0.1, 0.15) is 5.75 Å². The van der Waals surface area contributed by atoms with Gasteiger partial charge in [-0.15, -0.1) is 3.89 Å². The average molecular weight is 178 g/mol. The third kappa shape index (κ3) is 2.30. The maximum Gasteiger partial charge on any atom is 0.308 e. The number of aryl methyl sites for hydroxylation is 1. The molecule has 0 N–H and O–H groups in total. The molecule has 0 unspecified atom stereocenters. The van der Waals surface area contributed by atoms with Gasteiger partial charge in [0.25, 0.3) is 0 Å². The lowest BCUT2D eigenvalue weighted by molar-refractivity contribution is 0.548. The second-order valence-corrected chi connectivity index (χ2v) is 3.50. The second kappa shape index (κ2) is 2.61. The SMILES string of the molecule is Cn1nccc1CS(=O)(=O)F. The number of rotatable bonds is 2. The molecule has 1 heterocycles. The first kappa shape index (κ1) is 8.19. The molecule has 0 aliphatic carbocycles. The van der Waals surface area contributed by atoms with E-state index in [9.17, 15) is 12.3 Å². The lowest BCUT2D eigenvalue weighted by Crippen LogP contribution is -2.03. The van der Waals surface area contributed by atoms with Crippen LogP contribution in [0.3, 0.4) is 0 Å². The minimum absolute atomic E-state index is 0.340. The van der Waals surface area contributed by atoms with Crippen molar-refractivity contribution in [2.75, 3.05) is 0 Å². The molecule has 6 heteroatoms. The Morgan fingerprint density at radius 3 is 2.73 bits per heavy atom. The van der Waals surface area contributed by atoms with Gasteiger partial charge in [0, 0.05) is 13.2 Å². The molecule has 0 aliphatic rings. The van der Waals surface area contributed by atoms with E-state index in [2.05, 4.69) is 5.10 Å². The molecule has 0 aromatic carbocycles. The van der Waals surface area contributed by atoms with Gasteiger partial charge in [0.15, 0.2) is 0 Å². The average Bonchev–Trinajstić information content (AvgIpc) is 2.12. The summed E-state index contributed by atoms with van der Waals surface area (Å²) in [4.78, 5) is 0. The van der Waals surface area contributed by atoms with Crippen LogP contribution in [0.1, 0.15) is 5.69 Å². The molecule has 0 bridgehead atoms. The van der Waals surface area contributed by atoms with E-state index >= 15 is 0 Å². The van der Waals surface area contributed by atoms with Crippen molar-refractivity contribution in [2.24, 2.45) is 7.05 Å². The maximum atomic E-state index is 12.1. The van der Waals surface area contributed by atoms with Crippen molar-refractivity contribution in [3.05, 3.63) is 18.0 Å². The van der Waals surface area contributed by atoms with E-state index in [4.69, 9.17) is 0 Å². The van der Waals surface area contributed by atoms with Crippen molar-refractivity contribution in [1.29, 1.82) is 0 Å². The Bertz CT molecular complexity index is 343. The van der Waals surface area contributed by atoms with E-state index in [1.54, 1.807) is 7.05 Å². The van der Waals surface area contributed by atoms with Gasteiger partial charge in [0.05, 0.1) is 5.69 Å². The van der Waals surface area contributed by atoms with Crippen molar-refractivity contribution in [2.45, 2.75) is 5.75 Å². The first-order valence-corrected chi connectivity index (χ1v) is 4.43. The van der Waals surface area contributed by atoms with Crippen molar-refractivity contribution in [1.82, 2.24) is 9.78 Å². The fourth-order valence-electron chi connectivity index (χ4n) is 0.720. The molecule has 1 aromatic heterocycles. The summed E-state index contributed by atoms with van der Waals surface area (Å²) in [5.41, 5.74) is 0.340. The Morgan fingerprint density at radius 2 is 2.36 bits per heavy atom. The quantitative estimate of drug-likeness (QED) is 0.609. The Labute approximate surface area is 63.9 Å². The van der Waals surface area contributed by atoms with Crippen LogP contribution < -0.4 is 0 Å². The molecule has 0 amide bonds. The molecular weight excluding hydrogens is 171 g/mol. The summed E-state index contributed by atoms with van der Waals surface area (Å²) in [7, 11) is -2.87. The van der Waals surface area contributed by atoms with Crippen LogP contribution in [0.5, 0.6) is 0 Å². The zero-order valence-corrected chi connectivity index (χ0v) is 6.68. The highest BCUT2D eigenvalue weighted by molar-refractivity contribution is 7.85. The molecule has 0 spiro atoms. The summed E-state index contributed by atoms with van der Waals surface area (Å²) < 4.78 is 33.7. The number of nitrogens with zero attached hydrogens (tertiary/aromatic N) is 2. The van der Waals surface area contributed by atoms with Crippen LogP contribution in [0.4, 0.5) is 3.89 Å². The van der Waals surface area contributed by atoms with Crippen molar-refractivity contribution in [3.63, 3.8) is 0 Å². The molecule has 0 atom stereocenters. The van der Waals surface area contributed by atoms with E-state index < -0.39 is 16.0 Å². The van der Waals surface area contributed by atoms with Gasteiger partial charge in [-0.3, -0.25) is 4.68 Å². The molecule has 1 rings (SSSR count). The van der Waals surface area contributed by atoms with Crippen molar-refractivity contribution < 1.29 is 12.3 Å². The molecule has 0 fully saturated rings. The predicted octanol–water partition coefficient (Wildman–Crippen LogP) is 0.219. The van der Waals surface area contributed by atoms with Gasteiger partial charge >= 0.3 is 10.2 Å². The van der Waals surface area contributed by atoms with Crippen LogP contribution in [0.2, 0.25) is 0 Å². The molecule has 1 aromatic rings. The highest BCUT2D eigenvalue weighted by Gasteiger charge is 2.10. The first-order valence-electron chi connectivity index (χ1n) is 2.88. The molecule has 62 valence electrons. The van der Waals surface area contributed by atoms with Crippen LogP contribution in [0.15, 0.2) is 12.3 Å². The topological polar surface area (TPSA) is 52.0 Å². The molecule has 0 saturated heterocycles. The Hall–Kier alpha value is -0.910. The minimum atomic E-state index is -4.43. The maximum absolute atomic E-state index is 12.1. The zero-order chi connectivity index (χ0) is 8.48. The Balaban J connectivity index is 2.89. The highest BCUT2D eigenvalue weighted by Crippen LogP contribution is 2.04. The third-order valence-corrected chi connectivity index (χ3v) is 1.88. The van der Waals surface area contributed by atoms with E-state index in [1.165, 1.54) is 16.9 Å². The van der Waals surface area contributed by atoms with E-state index in [0.29, 0.717) is 5.69 Å². The smallest absolute Gasteiger partial charge is 0.272 e. The number of aromatic nitrogens is 2. The lowest BCUT2D eigenvalue weighted by atomic mass is 10.5. The van der Waals surface area contributed by atoms with Gasteiger partial charge in [0.2, 0.25) is 0 Å². The summed E-state index contributed by atoms with van der Waals surface area (Å²) >= 11 is 0. The highest BCUT2D eigenvalue weighted by atomic mass is 32.3. The standard InChI is InChI=1S/C5H7FN2O2S/c1-8-5(2-3-7-8)4-11(6,9)10/h2-3H,4H2,1H3. The summed E-state index contributed by atoms with van der Waals surface area (Å²) in [6, 6.07) is 1.46. The third-order valence-electron chi connectivity index (χ3n) is 1.24. The summed E-state index contributed by atoms with van der Waals surface area (Å²) in [6.45, 7) is 0. The summed E-state index contributed by atoms with van der Waals surface area (Å²) in [5.74, 6) is -0.608. The van der Waals surface area contributed by atoms with Crippen LogP contribution in [-0.2, 0) is 23.0 Å². The van der Waals surface area contributed by atoms with Gasteiger partial charge in [-0.25, -0.2) is 0 Å². The zero-order valence-electron chi connectivity index (χ0n) is 5.86. The van der Waals surface area contributed by atoms with Crippen LogP contribution in [0.25, 0.3) is 0 Å². The molecule has 11 heavy (non-hydrogen) atoms. The Morgan fingerprint density at radius 1 is 1.73 bits per heavy atom. The summed E-state index contributed by atoms with van der Waals surface area (Å²) in [5, 5.41) is 3.69. The first-order chi connectivity index (χ1) is 4.99. The fraction of sp³-hybridized carbons (Fsp3) is 0.400. The number of hydrogen-bond acceptors (Lipinski definition) is 3. The van der Waals surface area contributed by atoms with Crippen LogP contribution in [-0.4, -0.2) is 18.2 Å². The van der Waals surface area contributed by atoms with Gasteiger partial charge in [-0.2, -0.15) is 13.5 Å². The molecule has 4 nitrogen and oxygen atoms in total. The van der Waals surface area contributed by atoms with Crippen LogP contribution >= 0.6 is 0 Å². The van der Waals surface area contributed by atoms with Crippen LogP contribution in [0, 0.1) is 0 Å². The molecular formula is C5H7FN2O2S. The lowest BCUT2D eigenvalue weighted by Gasteiger charge is -1.95. The van der Waals surface area contributed by atoms with E-state index in [-0.39, 0.29) is 0 Å². The number of hydrogen-bond donors (Lipinski definition) is 0. The monoisotopic (exact) mass is 178 g/mol. The molecule has 0 radical (unpaired) electrons. The Kier molecular flexibility index (Phi) is 1.95. The van der Waals surface area contributed by atoms with Crippen molar-refractivity contribution >= 4 is 10.2 Å². The second-order valence-electron chi connectivity index (χ2n) is 2.13. The summed E-state index contributed by atoms with van der Waals surface area (Å²) in [6.07, 6.45) is 1.42. The van der Waals surface area contributed by atoms with E-state index in [0.717, 1.165) is 0 Å². The molecule has 0 saturated carbocycles. The largest absolute Gasteiger partial charge is 0.308 e. The van der Waals surface area contributed by atoms with E-state index in [1.807, 2.05) is 0 Å². The number of halogens is 1. The van der Waals surface area contributed by atoms with Gasteiger partial charge in [-0.05, 0) is 6.07 Å². The van der Waals surface area contributed by atoms with Gasteiger partial charge in [-0.1, -0.05) is 0 Å². The molecule has 0 aliphatic heterocycles. The van der Waals surface area contributed by atoms with Crippen molar-refractivity contribution in [3.8, 4) is 0 Å². The normalized spacial score (nSPS) is 11.8. The fourth-order valence-corrected chi connectivity index (χ4v) is 1.36.